The normalized spacial score (nSPS) is 29.9. The van der Waals surface area contributed by atoms with Gasteiger partial charge in [0.1, 0.15) is 78.4 Å². The van der Waals surface area contributed by atoms with Gasteiger partial charge >= 0.3 is 0 Å². The lowest BCUT2D eigenvalue weighted by molar-refractivity contribution is -0.277. The van der Waals surface area contributed by atoms with Crippen molar-refractivity contribution in [2.75, 3.05) is 40.1 Å². The number of carbonyl (C=O) groups is 1. The van der Waals surface area contributed by atoms with E-state index in [1.54, 1.807) is 24.3 Å². The maximum Gasteiger partial charge on any atom is 0.229 e. The maximum atomic E-state index is 13.8. The second-order valence-corrected chi connectivity index (χ2v) is 9.20. The summed E-state index contributed by atoms with van der Waals surface area (Å²) in [4.78, 5) is 13.8. The number of aliphatic hydroxyl groups excluding tert-OH is 4. The van der Waals surface area contributed by atoms with E-state index in [1.165, 1.54) is 19.2 Å². The van der Waals surface area contributed by atoms with Crippen LogP contribution < -0.4 is 18.9 Å². The van der Waals surface area contributed by atoms with Gasteiger partial charge in [-0.2, -0.15) is 0 Å². The lowest BCUT2D eigenvalue weighted by Crippen LogP contribution is -2.60. The molecule has 3 aliphatic rings. The van der Waals surface area contributed by atoms with Crippen molar-refractivity contribution in [2.24, 2.45) is 0 Å². The van der Waals surface area contributed by atoms with Gasteiger partial charge in [0.2, 0.25) is 12.1 Å². The first-order valence-electron chi connectivity index (χ1n) is 12.2. The molecule has 12 nitrogen and oxygen atoms in total. The molecule has 0 bridgehead atoms. The van der Waals surface area contributed by atoms with E-state index in [2.05, 4.69) is 0 Å². The van der Waals surface area contributed by atoms with Crippen molar-refractivity contribution >= 4 is 5.78 Å². The van der Waals surface area contributed by atoms with E-state index in [4.69, 9.17) is 33.2 Å². The van der Waals surface area contributed by atoms with Crippen molar-refractivity contribution < 1.29 is 58.4 Å². The number of ether oxygens (including phenoxy) is 7. The summed E-state index contributed by atoms with van der Waals surface area (Å²) in [7, 11) is 1.42. The van der Waals surface area contributed by atoms with Crippen molar-refractivity contribution in [3.63, 3.8) is 0 Å². The van der Waals surface area contributed by atoms with Crippen molar-refractivity contribution in [2.45, 2.75) is 42.9 Å². The minimum atomic E-state index is -1.68. The molecule has 3 aliphatic heterocycles. The van der Waals surface area contributed by atoms with Gasteiger partial charge in [0, 0.05) is 17.7 Å². The molecule has 0 aliphatic carbocycles. The largest absolute Gasteiger partial charge is 0.496 e. The number of carbonyl (C=O) groups excluding carboxylic acids is 1. The monoisotopic (exact) mass is 534 g/mol. The summed E-state index contributed by atoms with van der Waals surface area (Å²) in [6, 6.07) is 9.47. The minimum Gasteiger partial charge on any atom is -0.496 e. The Labute approximate surface area is 218 Å². The Morgan fingerprint density at radius 3 is 2.13 bits per heavy atom. The smallest absolute Gasteiger partial charge is 0.229 e. The molecule has 5 rings (SSSR count). The van der Waals surface area contributed by atoms with E-state index >= 15 is 0 Å². The highest BCUT2D eigenvalue weighted by Crippen LogP contribution is 2.38. The summed E-state index contributed by atoms with van der Waals surface area (Å²) in [5.74, 6) is 0.495. The molecule has 12 heteroatoms. The van der Waals surface area contributed by atoms with E-state index in [-0.39, 0.29) is 35.9 Å². The van der Waals surface area contributed by atoms with Gasteiger partial charge < -0.3 is 53.6 Å². The van der Waals surface area contributed by atoms with Gasteiger partial charge in [-0.3, -0.25) is 4.79 Å². The van der Waals surface area contributed by atoms with Crippen molar-refractivity contribution in [3.05, 3.63) is 47.5 Å². The average molecular weight is 535 g/mol. The summed E-state index contributed by atoms with van der Waals surface area (Å²) in [6.07, 6.45) is -7.64. The van der Waals surface area contributed by atoms with Crippen LogP contribution in [-0.2, 0) is 14.2 Å². The van der Waals surface area contributed by atoms with Gasteiger partial charge in [-0.05, 0) is 24.3 Å². The highest BCUT2D eigenvalue weighted by Gasteiger charge is 2.45. The molecular formula is C26H30O12. The molecule has 3 saturated heterocycles. The fourth-order valence-corrected chi connectivity index (χ4v) is 3.95. The van der Waals surface area contributed by atoms with E-state index < -0.39 is 43.1 Å². The van der Waals surface area contributed by atoms with E-state index in [0.717, 1.165) is 0 Å². The number of hydrogen-bond acceptors (Lipinski definition) is 12. The summed E-state index contributed by atoms with van der Waals surface area (Å²) in [6.45, 7) is 1.17. The quantitative estimate of drug-likeness (QED) is 0.207. The molecule has 0 aromatic heterocycles. The van der Waals surface area contributed by atoms with Crippen LogP contribution in [0, 0.1) is 0 Å². The zero-order valence-electron chi connectivity index (χ0n) is 20.6. The number of rotatable bonds is 12. The number of aliphatic hydroxyl groups is 4. The van der Waals surface area contributed by atoms with Crippen LogP contribution in [0.25, 0.3) is 0 Å². The fourth-order valence-electron chi connectivity index (χ4n) is 3.95. The van der Waals surface area contributed by atoms with E-state index in [9.17, 15) is 25.2 Å². The Hall–Kier alpha value is -2.97. The van der Waals surface area contributed by atoms with E-state index in [0.29, 0.717) is 36.9 Å². The highest BCUT2D eigenvalue weighted by molar-refractivity contribution is 6.12. The summed E-state index contributed by atoms with van der Waals surface area (Å²) >= 11 is 0. The first-order valence-corrected chi connectivity index (χ1v) is 12.2. The second-order valence-electron chi connectivity index (χ2n) is 9.20. The van der Waals surface area contributed by atoms with Gasteiger partial charge in [-0.15, -0.1) is 0 Å². The summed E-state index contributed by atoms with van der Waals surface area (Å²) < 4.78 is 38.6. The van der Waals surface area contributed by atoms with Crippen LogP contribution in [0.4, 0.5) is 0 Å². The van der Waals surface area contributed by atoms with Crippen LogP contribution in [0.3, 0.4) is 0 Å². The molecule has 38 heavy (non-hydrogen) atoms. The molecular weight excluding hydrogens is 504 g/mol. The molecule has 2 aromatic rings. The van der Waals surface area contributed by atoms with Crippen LogP contribution in [-0.4, -0.2) is 109 Å². The molecule has 206 valence electrons. The number of benzene rings is 2. The van der Waals surface area contributed by atoms with Crippen LogP contribution in [0.15, 0.2) is 36.4 Å². The lowest BCUT2D eigenvalue weighted by atomic mass is 9.98. The van der Waals surface area contributed by atoms with Crippen molar-refractivity contribution in [1.29, 1.82) is 0 Å². The zero-order chi connectivity index (χ0) is 26.8. The predicted octanol–water partition coefficient (Wildman–Crippen LogP) is -0.340. The van der Waals surface area contributed by atoms with Crippen LogP contribution in [0.5, 0.6) is 23.0 Å². The minimum absolute atomic E-state index is 0.0171. The predicted molar refractivity (Wildman–Crippen MR) is 128 cm³/mol. The Morgan fingerprint density at radius 1 is 0.895 bits per heavy atom. The highest BCUT2D eigenvalue weighted by atomic mass is 16.7. The molecule has 0 amide bonds. The third kappa shape index (κ3) is 6.02. The standard InChI is InChI=1S/C26H30O12/c1-32-15-6-18(36-12-17-11-35-17)21(22(28)13-2-4-14(5-3-13)33-9-16-10-34-16)19(7-15)37-26-25(31)24(30)23(29)20(8-27)38-26/h2-7,16-17,20,23-27,29-31H,8-12H2,1H3. The third-order valence-corrected chi connectivity index (χ3v) is 6.38. The Kier molecular flexibility index (Phi) is 8.00. The van der Waals surface area contributed by atoms with Crippen LogP contribution in [0.1, 0.15) is 15.9 Å². The van der Waals surface area contributed by atoms with Gasteiger partial charge in [0.05, 0.1) is 26.9 Å². The number of hydrogen-bond donors (Lipinski definition) is 4. The first kappa shape index (κ1) is 26.6. The molecule has 7 unspecified atom stereocenters. The molecule has 0 spiro atoms. The van der Waals surface area contributed by atoms with E-state index in [1.807, 2.05) is 0 Å². The van der Waals surface area contributed by atoms with Gasteiger partial charge in [-0.1, -0.05) is 0 Å². The Bertz CT molecular complexity index is 1110. The van der Waals surface area contributed by atoms with Crippen LogP contribution >= 0.6 is 0 Å². The first-order chi connectivity index (χ1) is 18.4. The lowest BCUT2D eigenvalue weighted by Gasteiger charge is -2.39. The average Bonchev–Trinajstić information content (AvgIpc) is 3.86. The number of ketones is 1. The molecule has 0 saturated carbocycles. The van der Waals surface area contributed by atoms with Gasteiger partial charge in [-0.25, -0.2) is 0 Å². The Balaban J connectivity index is 1.46. The van der Waals surface area contributed by atoms with Gasteiger partial charge in [0.15, 0.2) is 0 Å². The molecule has 3 fully saturated rings. The zero-order valence-corrected chi connectivity index (χ0v) is 20.6. The molecule has 0 radical (unpaired) electrons. The summed E-state index contributed by atoms with van der Waals surface area (Å²) in [5, 5.41) is 40.3. The number of methoxy groups -OCH3 is 1. The van der Waals surface area contributed by atoms with Crippen molar-refractivity contribution in [1.82, 2.24) is 0 Å². The fraction of sp³-hybridized carbons (Fsp3) is 0.500. The third-order valence-electron chi connectivity index (χ3n) is 6.38. The molecule has 4 N–H and O–H groups in total. The molecule has 3 heterocycles. The van der Waals surface area contributed by atoms with Crippen molar-refractivity contribution in [3.8, 4) is 23.0 Å². The number of epoxide rings is 2. The van der Waals surface area contributed by atoms with Gasteiger partial charge in [0.25, 0.3) is 0 Å². The SMILES string of the molecule is COc1cc(OCC2CO2)c(C(=O)c2ccc(OCC3CO3)cc2)c(OC2OC(CO)C(O)C(O)C2O)c1. The molecule has 2 aromatic carbocycles. The Morgan fingerprint density at radius 2 is 1.53 bits per heavy atom. The topological polar surface area (TPSA) is 169 Å². The summed E-state index contributed by atoms with van der Waals surface area (Å²) in [5.41, 5.74) is 0.319. The molecule has 7 atom stereocenters. The second kappa shape index (κ2) is 11.4. The maximum absolute atomic E-state index is 13.8. The van der Waals surface area contributed by atoms with Crippen LogP contribution in [0.2, 0.25) is 0 Å².